The number of carbonyl (C=O) groups is 1. The molecule has 25 heavy (non-hydrogen) atoms. The largest absolute Gasteiger partial charge is 0.473 e. The normalized spacial score (nSPS) is 20.0. The number of nitro groups is 1. The van der Waals surface area contributed by atoms with Gasteiger partial charge in [-0.15, -0.1) is 0 Å². The summed E-state index contributed by atoms with van der Waals surface area (Å²) in [6, 6.07) is 2.57. The third-order valence-electron chi connectivity index (χ3n) is 4.08. The van der Waals surface area contributed by atoms with Gasteiger partial charge in [0.25, 0.3) is 5.91 Å². The molecule has 0 spiro atoms. The maximum Gasteiger partial charge on any atom is 0.406 e. The van der Waals surface area contributed by atoms with Crippen LogP contribution in [0.2, 0.25) is 0 Å². The van der Waals surface area contributed by atoms with Crippen molar-refractivity contribution in [1.29, 1.82) is 0 Å². The molecule has 1 fully saturated rings. The van der Waals surface area contributed by atoms with Crippen LogP contribution >= 0.6 is 0 Å². The van der Waals surface area contributed by atoms with Crippen molar-refractivity contribution in [2.45, 2.75) is 39.3 Å². The van der Waals surface area contributed by atoms with Crippen molar-refractivity contribution >= 4 is 21.6 Å². The number of aromatic nitrogens is 1. The SMILES string of the molecule is CCN(C(=O)[C@@H](C)Oc1ccc(C)nc1[N+](=O)[O-])[C@H]1CCS(=O)(=O)C1. The van der Waals surface area contributed by atoms with Crippen LogP contribution in [-0.2, 0) is 14.6 Å². The molecule has 9 nitrogen and oxygen atoms in total. The highest BCUT2D eigenvalue weighted by molar-refractivity contribution is 7.91. The smallest absolute Gasteiger partial charge is 0.406 e. The van der Waals surface area contributed by atoms with E-state index in [1.165, 1.54) is 17.9 Å². The Morgan fingerprint density at radius 2 is 2.20 bits per heavy atom. The molecule has 2 rings (SSSR count). The second-order valence-corrected chi connectivity index (χ2v) is 8.20. The number of sulfone groups is 1. The minimum absolute atomic E-state index is 0.0596. The molecule has 1 saturated heterocycles. The zero-order valence-corrected chi connectivity index (χ0v) is 15.2. The molecule has 0 radical (unpaired) electrons. The van der Waals surface area contributed by atoms with Crippen molar-refractivity contribution in [2.24, 2.45) is 0 Å². The van der Waals surface area contributed by atoms with Crippen LogP contribution in [0, 0.1) is 17.0 Å². The molecule has 0 unspecified atom stereocenters. The van der Waals surface area contributed by atoms with Gasteiger partial charge in [0.05, 0.1) is 11.5 Å². The average molecular weight is 371 g/mol. The Bertz CT molecular complexity index is 779. The standard InChI is InChI=1S/C15H21N3O6S/c1-4-17(12-7-8-25(22,23)9-12)15(19)11(3)24-13-6-5-10(2)16-14(13)18(20)21/h5-6,11-12H,4,7-9H2,1-3H3/t11-,12+/m1/s1. The molecule has 10 heteroatoms. The molecular weight excluding hydrogens is 350 g/mol. The maximum absolute atomic E-state index is 12.6. The second kappa shape index (κ2) is 7.34. The van der Waals surface area contributed by atoms with Crippen molar-refractivity contribution < 1.29 is 22.9 Å². The van der Waals surface area contributed by atoms with Crippen LogP contribution in [0.4, 0.5) is 5.82 Å². The van der Waals surface area contributed by atoms with Gasteiger partial charge < -0.3 is 19.8 Å². The van der Waals surface area contributed by atoms with Crippen molar-refractivity contribution in [3.8, 4) is 5.75 Å². The summed E-state index contributed by atoms with van der Waals surface area (Å²) in [4.78, 5) is 28.4. The number of pyridine rings is 1. The van der Waals surface area contributed by atoms with Crippen LogP contribution in [0.3, 0.4) is 0 Å². The first-order valence-corrected chi connectivity index (χ1v) is 9.76. The number of ether oxygens (including phenoxy) is 1. The fourth-order valence-corrected chi connectivity index (χ4v) is 4.57. The number of carbonyl (C=O) groups excluding carboxylic acids is 1. The van der Waals surface area contributed by atoms with Gasteiger partial charge in [0.2, 0.25) is 5.75 Å². The first kappa shape index (κ1) is 19.1. The van der Waals surface area contributed by atoms with E-state index < -0.39 is 32.6 Å². The van der Waals surface area contributed by atoms with Gasteiger partial charge in [-0.1, -0.05) is 0 Å². The first-order chi connectivity index (χ1) is 11.6. The first-order valence-electron chi connectivity index (χ1n) is 7.94. The zero-order valence-electron chi connectivity index (χ0n) is 14.3. The average Bonchev–Trinajstić information content (AvgIpc) is 2.89. The topological polar surface area (TPSA) is 120 Å². The van der Waals surface area contributed by atoms with Crippen LogP contribution in [0.5, 0.6) is 5.75 Å². The summed E-state index contributed by atoms with van der Waals surface area (Å²) in [6.07, 6.45) is -0.604. The number of nitrogens with zero attached hydrogens (tertiary/aromatic N) is 3. The molecule has 1 amide bonds. The van der Waals surface area contributed by atoms with E-state index in [2.05, 4.69) is 4.98 Å². The minimum Gasteiger partial charge on any atom is -0.473 e. The Hall–Kier alpha value is -2.23. The molecule has 0 bridgehead atoms. The fourth-order valence-electron chi connectivity index (χ4n) is 2.84. The monoisotopic (exact) mass is 371 g/mol. The highest BCUT2D eigenvalue weighted by atomic mass is 32.2. The lowest BCUT2D eigenvalue weighted by molar-refractivity contribution is -0.390. The van der Waals surface area contributed by atoms with E-state index in [0.717, 1.165) is 0 Å². The molecule has 1 aliphatic heterocycles. The molecule has 0 N–H and O–H groups in total. The summed E-state index contributed by atoms with van der Waals surface area (Å²) < 4.78 is 28.8. The van der Waals surface area contributed by atoms with Gasteiger partial charge in [-0.3, -0.25) is 4.79 Å². The van der Waals surface area contributed by atoms with Gasteiger partial charge >= 0.3 is 5.82 Å². The zero-order chi connectivity index (χ0) is 18.8. The molecule has 1 aliphatic rings. The van der Waals surface area contributed by atoms with Gasteiger partial charge in [-0.05, 0) is 42.3 Å². The summed E-state index contributed by atoms with van der Waals surface area (Å²) in [6.45, 7) is 5.19. The summed E-state index contributed by atoms with van der Waals surface area (Å²) in [5.74, 6) is -0.951. The lowest BCUT2D eigenvalue weighted by Crippen LogP contribution is -2.47. The fraction of sp³-hybridized carbons (Fsp3) is 0.600. The van der Waals surface area contributed by atoms with E-state index in [9.17, 15) is 23.3 Å². The van der Waals surface area contributed by atoms with Gasteiger partial charge in [0, 0.05) is 19.5 Å². The number of aryl methyl sites for hydroxylation is 1. The Kier molecular flexibility index (Phi) is 5.61. The number of hydrogen-bond donors (Lipinski definition) is 0. The van der Waals surface area contributed by atoms with E-state index in [4.69, 9.17) is 4.74 Å². The summed E-state index contributed by atoms with van der Waals surface area (Å²) in [5, 5.41) is 11.1. The van der Waals surface area contributed by atoms with Crippen LogP contribution < -0.4 is 4.74 Å². The third-order valence-corrected chi connectivity index (χ3v) is 5.83. The van der Waals surface area contributed by atoms with E-state index in [1.807, 2.05) is 0 Å². The van der Waals surface area contributed by atoms with Crippen LogP contribution in [0.1, 0.15) is 26.0 Å². The second-order valence-electron chi connectivity index (χ2n) is 5.97. The summed E-state index contributed by atoms with van der Waals surface area (Å²) in [5.41, 5.74) is 0.462. The molecule has 138 valence electrons. The van der Waals surface area contributed by atoms with Gasteiger partial charge in [0.15, 0.2) is 15.9 Å². The summed E-state index contributed by atoms with van der Waals surface area (Å²) in [7, 11) is -3.13. The molecule has 1 aromatic rings. The van der Waals surface area contributed by atoms with Gasteiger partial charge in [0.1, 0.15) is 5.69 Å². The minimum atomic E-state index is -3.13. The van der Waals surface area contributed by atoms with Crippen molar-refractivity contribution in [2.75, 3.05) is 18.1 Å². The molecule has 0 aliphatic carbocycles. The Balaban J connectivity index is 2.16. The predicted octanol–water partition coefficient (Wildman–Crippen LogP) is 1.10. The molecular formula is C15H21N3O6S. The Labute approximate surface area is 146 Å². The predicted molar refractivity (Wildman–Crippen MR) is 90.2 cm³/mol. The number of hydrogen-bond acceptors (Lipinski definition) is 7. The van der Waals surface area contributed by atoms with Crippen molar-refractivity contribution in [3.05, 3.63) is 27.9 Å². The highest BCUT2D eigenvalue weighted by Gasteiger charge is 2.36. The maximum atomic E-state index is 12.6. The number of likely N-dealkylation sites (N-methyl/N-ethyl adjacent to an activating group) is 1. The lowest BCUT2D eigenvalue weighted by atomic mass is 10.2. The van der Waals surface area contributed by atoms with E-state index in [-0.39, 0.29) is 23.3 Å². The van der Waals surface area contributed by atoms with Gasteiger partial charge in [-0.2, -0.15) is 0 Å². The quantitative estimate of drug-likeness (QED) is 0.542. The Morgan fingerprint density at radius 1 is 1.52 bits per heavy atom. The van der Waals surface area contributed by atoms with Gasteiger partial charge in [-0.25, -0.2) is 8.42 Å². The van der Waals surface area contributed by atoms with Crippen LogP contribution in [-0.4, -0.2) is 59.3 Å². The number of rotatable bonds is 6. The molecule has 0 aromatic carbocycles. The Morgan fingerprint density at radius 3 is 2.72 bits per heavy atom. The van der Waals surface area contributed by atoms with E-state index in [0.29, 0.717) is 18.7 Å². The third kappa shape index (κ3) is 4.44. The van der Waals surface area contributed by atoms with E-state index in [1.54, 1.807) is 19.9 Å². The molecule has 1 aromatic heterocycles. The van der Waals surface area contributed by atoms with Crippen molar-refractivity contribution in [1.82, 2.24) is 9.88 Å². The lowest BCUT2D eigenvalue weighted by Gasteiger charge is -2.29. The summed E-state index contributed by atoms with van der Waals surface area (Å²) >= 11 is 0. The molecule has 2 heterocycles. The highest BCUT2D eigenvalue weighted by Crippen LogP contribution is 2.26. The van der Waals surface area contributed by atoms with E-state index >= 15 is 0 Å². The van der Waals surface area contributed by atoms with Crippen molar-refractivity contribution in [3.63, 3.8) is 0 Å². The molecule has 0 saturated carbocycles. The van der Waals surface area contributed by atoms with Crippen LogP contribution in [0.25, 0.3) is 0 Å². The number of amides is 1. The molecule has 2 atom stereocenters. The van der Waals surface area contributed by atoms with Crippen LogP contribution in [0.15, 0.2) is 12.1 Å².